The number of nitrogens with one attached hydrogen (secondary N) is 1. The highest BCUT2D eigenvalue weighted by Crippen LogP contribution is 2.48. The molecule has 5 heterocycles. The van der Waals surface area contributed by atoms with Crippen molar-refractivity contribution in [2.75, 3.05) is 25.5 Å². The number of imidazole rings is 1. The molecule has 1 saturated carbocycles. The maximum Gasteiger partial charge on any atom is 0.256 e. The minimum absolute atomic E-state index is 0.415. The summed E-state index contributed by atoms with van der Waals surface area (Å²) in [7, 11) is 2.16. The molecule has 10 heteroatoms. The molecule has 1 aliphatic heterocycles. The molecule has 166 valence electrons. The van der Waals surface area contributed by atoms with E-state index >= 15 is 0 Å². The average Bonchev–Trinajstić information content (AvgIpc) is 3.25. The maximum atomic E-state index is 13.0. The van der Waals surface area contributed by atoms with Crippen LogP contribution >= 0.6 is 0 Å². The van der Waals surface area contributed by atoms with Gasteiger partial charge >= 0.3 is 0 Å². The smallest absolute Gasteiger partial charge is 0.256 e. The van der Waals surface area contributed by atoms with Gasteiger partial charge in [0.2, 0.25) is 5.95 Å². The van der Waals surface area contributed by atoms with E-state index in [1.807, 2.05) is 24.4 Å². The Morgan fingerprint density at radius 2 is 2.00 bits per heavy atom. The summed E-state index contributed by atoms with van der Waals surface area (Å²) in [6.07, 6.45) is 3.50. The minimum Gasteiger partial charge on any atom is -0.350 e. The third-order valence-electron chi connectivity index (χ3n) is 6.70. The first-order valence-corrected chi connectivity index (χ1v) is 10.8. The van der Waals surface area contributed by atoms with Crippen molar-refractivity contribution in [1.82, 2.24) is 34.0 Å². The van der Waals surface area contributed by atoms with Crippen molar-refractivity contribution in [1.29, 1.82) is 0 Å². The first kappa shape index (κ1) is 19.5. The quantitative estimate of drug-likeness (QED) is 0.516. The molecular weight excluding hydrogens is 414 g/mol. The molecule has 0 unspecified atom stereocenters. The summed E-state index contributed by atoms with van der Waals surface area (Å²) in [6, 6.07) is 6.01. The summed E-state index contributed by atoms with van der Waals surface area (Å²) in [4.78, 5) is 15.9. The van der Waals surface area contributed by atoms with Gasteiger partial charge in [0, 0.05) is 30.9 Å². The molecule has 0 radical (unpaired) electrons. The van der Waals surface area contributed by atoms with Gasteiger partial charge in [0.1, 0.15) is 11.3 Å². The van der Waals surface area contributed by atoms with Gasteiger partial charge in [-0.2, -0.15) is 0 Å². The van der Waals surface area contributed by atoms with Crippen LogP contribution in [-0.4, -0.2) is 66.6 Å². The number of alkyl halides is 2. The van der Waals surface area contributed by atoms with E-state index in [0.29, 0.717) is 40.1 Å². The number of hydrogen-bond acceptors (Lipinski definition) is 6. The van der Waals surface area contributed by atoms with Crippen LogP contribution in [0, 0.1) is 12.3 Å². The van der Waals surface area contributed by atoms with Crippen LogP contribution in [0.25, 0.3) is 27.9 Å². The van der Waals surface area contributed by atoms with E-state index in [1.165, 1.54) is 17.7 Å². The molecule has 1 saturated heterocycles. The van der Waals surface area contributed by atoms with Crippen LogP contribution in [0.1, 0.15) is 18.7 Å². The van der Waals surface area contributed by atoms with E-state index < -0.39 is 13.0 Å². The zero-order valence-corrected chi connectivity index (χ0v) is 18.0. The van der Waals surface area contributed by atoms with Crippen LogP contribution in [0.2, 0.25) is 0 Å². The van der Waals surface area contributed by atoms with E-state index in [-0.39, 0.29) is 0 Å². The summed E-state index contributed by atoms with van der Waals surface area (Å²) in [5.74, 6) is 1.14. The van der Waals surface area contributed by atoms with E-state index in [1.54, 1.807) is 17.6 Å². The van der Waals surface area contributed by atoms with Gasteiger partial charge in [-0.15, -0.1) is 5.10 Å². The summed E-state index contributed by atoms with van der Waals surface area (Å²) >= 11 is 0. The topological polar surface area (TPSA) is 76.2 Å². The number of likely N-dealkylation sites (tertiary alicyclic amines) is 1. The minimum atomic E-state index is -2.47. The molecule has 2 fully saturated rings. The summed E-state index contributed by atoms with van der Waals surface area (Å²) < 4.78 is 29.3. The number of nitrogens with zero attached hydrogens (tertiary/aromatic N) is 7. The van der Waals surface area contributed by atoms with Crippen molar-refractivity contribution in [2.45, 2.75) is 38.8 Å². The molecule has 2 aliphatic rings. The lowest BCUT2D eigenvalue weighted by atomic mass is 9.61. The molecule has 1 aliphatic carbocycles. The van der Waals surface area contributed by atoms with Gasteiger partial charge in [0.05, 0.1) is 24.0 Å². The second-order valence-electron chi connectivity index (χ2n) is 9.26. The summed E-state index contributed by atoms with van der Waals surface area (Å²) in [5, 5.41) is 8.06. The Balaban J connectivity index is 1.26. The van der Waals surface area contributed by atoms with Gasteiger partial charge < -0.3 is 14.8 Å². The SMILES string of the molecule is Cc1nc2ccc(-c3ccn4nc(NC5CC6(C5)CN(C)C6)ncc34)nc2n1CC(F)F. The fraction of sp³-hybridized carbons (Fsp3) is 0.455. The van der Waals surface area contributed by atoms with Gasteiger partial charge in [0.25, 0.3) is 6.43 Å². The molecule has 32 heavy (non-hydrogen) atoms. The first-order chi connectivity index (χ1) is 15.4. The largest absolute Gasteiger partial charge is 0.350 e. The van der Waals surface area contributed by atoms with E-state index in [4.69, 9.17) is 0 Å². The summed E-state index contributed by atoms with van der Waals surface area (Å²) in [6.45, 7) is 3.65. The number of aromatic nitrogens is 6. The Morgan fingerprint density at radius 3 is 2.75 bits per heavy atom. The van der Waals surface area contributed by atoms with Crippen molar-refractivity contribution < 1.29 is 8.78 Å². The fourth-order valence-electron chi connectivity index (χ4n) is 5.43. The molecule has 0 amide bonds. The second kappa shape index (κ2) is 6.93. The molecule has 8 nitrogen and oxygen atoms in total. The number of halogens is 2. The Bertz CT molecular complexity index is 1310. The van der Waals surface area contributed by atoms with Crippen molar-refractivity contribution in [3.63, 3.8) is 0 Å². The number of fused-ring (bicyclic) bond motifs is 2. The van der Waals surface area contributed by atoms with Crippen LogP contribution in [-0.2, 0) is 6.54 Å². The maximum absolute atomic E-state index is 13.0. The Kier molecular flexibility index (Phi) is 4.23. The van der Waals surface area contributed by atoms with Crippen LogP contribution in [0.4, 0.5) is 14.7 Å². The number of anilines is 1. The summed E-state index contributed by atoms with van der Waals surface area (Å²) in [5.41, 5.74) is 3.89. The second-order valence-corrected chi connectivity index (χ2v) is 9.26. The molecule has 1 N–H and O–H groups in total. The predicted molar refractivity (Wildman–Crippen MR) is 117 cm³/mol. The van der Waals surface area contributed by atoms with Crippen LogP contribution < -0.4 is 5.32 Å². The molecule has 0 aromatic carbocycles. The van der Waals surface area contributed by atoms with E-state index in [2.05, 4.69) is 37.3 Å². The number of aryl methyl sites for hydroxylation is 1. The van der Waals surface area contributed by atoms with Gasteiger partial charge in [-0.3, -0.25) is 0 Å². The molecule has 0 atom stereocenters. The number of hydrogen-bond donors (Lipinski definition) is 1. The highest BCUT2D eigenvalue weighted by Gasteiger charge is 2.51. The van der Waals surface area contributed by atoms with Crippen LogP contribution in [0.3, 0.4) is 0 Å². The van der Waals surface area contributed by atoms with Crippen molar-refractivity contribution in [2.24, 2.45) is 5.41 Å². The van der Waals surface area contributed by atoms with Crippen molar-refractivity contribution in [3.05, 3.63) is 36.4 Å². The molecule has 4 aromatic heterocycles. The van der Waals surface area contributed by atoms with Gasteiger partial charge in [-0.1, -0.05) is 0 Å². The third-order valence-corrected chi connectivity index (χ3v) is 6.70. The number of pyridine rings is 1. The number of rotatable bonds is 5. The standard InChI is InChI=1S/C22H24F2N8/c1-13-26-17-4-3-16(28-20(17)31(13)10-19(23)24)15-5-6-32-18(15)9-25-21(29-32)27-14-7-22(8-14)11-30(2)12-22/h3-6,9,14,19H,7-8,10-12H2,1-2H3,(H,27,29). The highest BCUT2D eigenvalue weighted by molar-refractivity contribution is 5.82. The first-order valence-electron chi connectivity index (χ1n) is 10.8. The molecule has 4 aromatic rings. The zero-order valence-electron chi connectivity index (χ0n) is 18.0. The lowest BCUT2D eigenvalue weighted by molar-refractivity contribution is -0.0514. The van der Waals surface area contributed by atoms with Crippen LogP contribution in [0.5, 0.6) is 0 Å². The van der Waals surface area contributed by atoms with E-state index in [9.17, 15) is 8.78 Å². The Morgan fingerprint density at radius 1 is 1.19 bits per heavy atom. The Hall–Kier alpha value is -3.14. The normalized spacial score (nSPS) is 18.5. The lowest BCUT2D eigenvalue weighted by Gasteiger charge is -2.58. The lowest BCUT2D eigenvalue weighted by Crippen LogP contribution is -2.63. The monoisotopic (exact) mass is 438 g/mol. The van der Waals surface area contributed by atoms with Crippen molar-refractivity contribution >= 4 is 22.6 Å². The third kappa shape index (κ3) is 3.12. The molecular formula is C22H24F2N8. The molecule has 6 rings (SSSR count). The highest BCUT2D eigenvalue weighted by atomic mass is 19.3. The Labute approximate surface area is 183 Å². The van der Waals surface area contributed by atoms with Gasteiger partial charge in [0.15, 0.2) is 5.65 Å². The van der Waals surface area contributed by atoms with E-state index in [0.717, 1.165) is 23.9 Å². The molecule has 0 bridgehead atoms. The molecule has 1 spiro atoms. The van der Waals surface area contributed by atoms with Gasteiger partial charge in [-0.25, -0.2) is 28.2 Å². The van der Waals surface area contributed by atoms with Crippen molar-refractivity contribution in [3.8, 4) is 11.3 Å². The van der Waals surface area contributed by atoms with Crippen LogP contribution in [0.15, 0.2) is 30.6 Å². The zero-order chi connectivity index (χ0) is 22.0. The average molecular weight is 438 g/mol. The fourth-order valence-corrected chi connectivity index (χ4v) is 5.43. The predicted octanol–water partition coefficient (Wildman–Crippen LogP) is 3.22. The van der Waals surface area contributed by atoms with Gasteiger partial charge in [-0.05, 0) is 50.4 Å².